The van der Waals surface area contributed by atoms with E-state index in [-0.39, 0.29) is 23.4 Å². The molecule has 0 unspecified atom stereocenters. The van der Waals surface area contributed by atoms with E-state index in [4.69, 9.17) is 34.7 Å². The predicted molar refractivity (Wildman–Crippen MR) is 104 cm³/mol. The number of hydrogen-bond acceptors (Lipinski definition) is 7. The van der Waals surface area contributed by atoms with E-state index in [9.17, 15) is 9.59 Å². The van der Waals surface area contributed by atoms with E-state index >= 15 is 0 Å². The molecule has 0 saturated heterocycles. The minimum Gasteiger partial charge on any atom is -0.368 e. The van der Waals surface area contributed by atoms with E-state index < -0.39 is 17.9 Å². The van der Waals surface area contributed by atoms with Gasteiger partial charge in [-0.15, -0.1) is 10.2 Å². The predicted octanol–water partition coefficient (Wildman–Crippen LogP) is 2.33. The highest BCUT2D eigenvalue weighted by Gasteiger charge is 2.20. The average Bonchev–Trinajstić information content (AvgIpc) is 2.57. The molecule has 0 aliphatic carbocycles. The molecule has 1 heterocycles. The van der Waals surface area contributed by atoms with E-state index in [0.717, 1.165) is 0 Å². The summed E-state index contributed by atoms with van der Waals surface area (Å²) in [5.41, 5.74) is 11.1. The Bertz CT molecular complexity index is 861. The average molecular weight is 412 g/mol. The Morgan fingerprint density at radius 2 is 1.85 bits per heavy atom. The summed E-state index contributed by atoms with van der Waals surface area (Å²) in [7, 11) is 0. The largest absolute Gasteiger partial charge is 0.368 e. The molecule has 144 valence electrons. The smallest absolute Gasteiger partial charge is 0.273 e. The number of nitrogens with one attached hydrogen (secondary N) is 2. The van der Waals surface area contributed by atoms with Crippen LogP contribution in [0.25, 0.3) is 0 Å². The number of carbonyl (C=O) groups excluding carboxylic acids is 2. The van der Waals surface area contributed by atoms with Crippen LogP contribution in [-0.2, 0) is 4.79 Å². The second-order valence-corrected chi connectivity index (χ2v) is 6.99. The molecule has 1 aromatic carbocycles. The van der Waals surface area contributed by atoms with Crippen molar-refractivity contribution < 1.29 is 9.59 Å². The lowest BCUT2D eigenvalue weighted by Gasteiger charge is -2.17. The first-order valence-corrected chi connectivity index (χ1v) is 8.75. The SMILES string of the molecule is CC(C)C[C@@H](Nc1nnc(C(N)=O)c(Nc2ccc(Cl)c(Cl)c2)n1)C(N)=O. The van der Waals surface area contributed by atoms with Crippen LogP contribution in [0.1, 0.15) is 30.8 Å². The van der Waals surface area contributed by atoms with Crippen LogP contribution in [0, 0.1) is 5.92 Å². The minimum atomic E-state index is -0.822. The third-order valence-corrected chi connectivity index (χ3v) is 4.20. The summed E-state index contributed by atoms with van der Waals surface area (Å²) in [6.07, 6.45) is 0.478. The molecule has 0 radical (unpaired) electrons. The molecule has 1 atom stereocenters. The van der Waals surface area contributed by atoms with Crippen molar-refractivity contribution in [2.75, 3.05) is 10.6 Å². The third-order valence-electron chi connectivity index (χ3n) is 3.46. The number of primary amides is 2. The normalized spacial score (nSPS) is 11.9. The van der Waals surface area contributed by atoms with Crippen LogP contribution in [0.5, 0.6) is 0 Å². The molecule has 0 spiro atoms. The van der Waals surface area contributed by atoms with Crippen molar-refractivity contribution in [3.63, 3.8) is 0 Å². The van der Waals surface area contributed by atoms with Crippen molar-refractivity contribution in [1.82, 2.24) is 15.2 Å². The summed E-state index contributed by atoms with van der Waals surface area (Å²) < 4.78 is 0. The second kappa shape index (κ2) is 8.83. The zero-order valence-corrected chi connectivity index (χ0v) is 16.2. The van der Waals surface area contributed by atoms with Crippen molar-refractivity contribution in [3.8, 4) is 0 Å². The van der Waals surface area contributed by atoms with Crippen LogP contribution in [0.2, 0.25) is 10.0 Å². The first kappa shape index (κ1) is 20.7. The fraction of sp³-hybridized carbons (Fsp3) is 0.312. The van der Waals surface area contributed by atoms with Gasteiger partial charge in [0.05, 0.1) is 10.0 Å². The number of anilines is 3. The van der Waals surface area contributed by atoms with Crippen LogP contribution >= 0.6 is 23.2 Å². The molecular weight excluding hydrogens is 393 g/mol. The van der Waals surface area contributed by atoms with Gasteiger partial charge in [0, 0.05) is 5.69 Å². The van der Waals surface area contributed by atoms with Gasteiger partial charge in [-0.05, 0) is 30.5 Å². The van der Waals surface area contributed by atoms with Gasteiger partial charge in [-0.25, -0.2) is 0 Å². The number of hydrogen-bond donors (Lipinski definition) is 4. The molecule has 0 saturated carbocycles. The highest BCUT2D eigenvalue weighted by atomic mass is 35.5. The van der Waals surface area contributed by atoms with Crippen molar-refractivity contribution >= 4 is 52.5 Å². The van der Waals surface area contributed by atoms with Gasteiger partial charge in [0.2, 0.25) is 11.9 Å². The van der Waals surface area contributed by atoms with Gasteiger partial charge in [0.25, 0.3) is 5.91 Å². The number of carbonyl (C=O) groups is 2. The third kappa shape index (κ3) is 5.66. The second-order valence-electron chi connectivity index (χ2n) is 6.18. The molecule has 11 heteroatoms. The van der Waals surface area contributed by atoms with E-state index in [0.29, 0.717) is 22.2 Å². The van der Waals surface area contributed by atoms with Crippen LogP contribution in [0.15, 0.2) is 18.2 Å². The number of nitrogens with two attached hydrogens (primary N) is 2. The maximum atomic E-state index is 11.6. The monoisotopic (exact) mass is 411 g/mol. The topological polar surface area (TPSA) is 149 Å². The zero-order chi connectivity index (χ0) is 20.1. The lowest BCUT2D eigenvalue weighted by Crippen LogP contribution is -2.37. The molecule has 6 N–H and O–H groups in total. The van der Waals surface area contributed by atoms with Crippen LogP contribution in [0.3, 0.4) is 0 Å². The van der Waals surface area contributed by atoms with Crippen molar-refractivity contribution in [2.24, 2.45) is 17.4 Å². The Morgan fingerprint density at radius 1 is 1.15 bits per heavy atom. The molecule has 27 heavy (non-hydrogen) atoms. The number of nitrogens with zero attached hydrogens (tertiary/aromatic N) is 3. The number of halogens is 2. The highest BCUT2D eigenvalue weighted by Crippen LogP contribution is 2.27. The summed E-state index contributed by atoms with van der Waals surface area (Å²) >= 11 is 11.9. The van der Waals surface area contributed by atoms with E-state index in [1.165, 1.54) is 0 Å². The molecule has 9 nitrogen and oxygen atoms in total. The van der Waals surface area contributed by atoms with Crippen LogP contribution in [-0.4, -0.2) is 33.0 Å². The zero-order valence-electron chi connectivity index (χ0n) is 14.7. The molecule has 0 aliphatic heterocycles. The Balaban J connectivity index is 2.34. The van der Waals surface area contributed by atoms with Gasteiger partial charge in [0.15, 0.2) is 11.5 Å². The van der Waals surface area contributed by atoms with Crippen molar-refractivity contribution in [1.29, 1.82) is 0 Å². The number of aromatic nitrogens is 3. The summed E-state index contributed by atoms with van der Waals surface area (Å²) in [4.78, 5) is 27.4. The first-order valence-electron chi connectivity index (χ1n) is 7.99. The fourth-order valence-corrected chi connectivity index (χ4v) is 2.52. The molecule has 1 aromatic heterocycles. The quantitative estimate of drug-likeness (QED) is 0.520. The summed E-state index contributed by atoms with van der Waals surface area (Å²) in [6, 6.07) is 4.08. The van der Waals surface area contributed by atoms with E-state index in [1.807, 2.05) is 13.8 Å². The summed E-state index contributed by atoms with van der Waals surface area (Å²) in [6.45, 7) is 3.90. The number of rotatable bonds is 8. The summed E-state index contributed by atoms with van der Waals surface area (Å²) in [5, 5.41) is 14.0. The standard InChI is InChI=1S/C16H19Cl2N7O2/c1-7(2)5-11(13(19)26)22-16-23-15(12(14(20)27)24-25-16)21-8-3-4-9(17)10(18)6-8/h3-4,6-7,11H,5H2,1-2H3,(H2,19,26)(H2,20,27)(H2,21,22,23,25)/t11-/m1/s1. The number of amides is 2. The molecular formula is C16H19Cl2N7O2. The Hall–Kier alpha value is -2.65. The van der Waals surface area contributed by atoms with Crippen molar-refractivity contribution in [3.05, 3.63) is 33.9 Å². The Kier molecular flexibility index (Phi) is 6.75. The van der Waals surface area contributed by atoms with E-state index in [1.54, 1.807) is 18.2 Å². The molecule has 0 bridgehead atoms. The highest BCUT2D eigenvalue weighted by molar-refractivity contribution is 6.42. The van der Waals surface area contributed by atoms with Gasteiger partial charge in [-0.2, -0.15) is 4.98 Å². The van der Waals surface area contributed by atoms with Gasteiger partial charge in [-0.3, -0.25) is 9.59 Å². The minimum absolute atomic E-state index is 0.0204. The van der Waals surface area contributed by atoms with E-state index in [2.05, 4.69) is 25.8 Å². The summed E-state index contributed by atoms with van der Waals surface area (Å²) in [5.74, 6) is -1.09. The van der Waals surface area contributed by atoms with Crippen LogP contribution < -0.4 is 22.1 Å². The fourth-order valence-electron chi connectivity index (χ4n) is 2.22. The molecule has 2 amide bonds. The lowest BCUT2D eigenvalue weighted by molar-refractivity contribution is -0.119. The maximum Gasteiger partial charge on any atom is 0.273 e. The lowest BCUT2D eigenvalue weighted by atomic mass is 10.0. The van der Waals surface area contributed by atoms with Crippen molar-refractivity contribution in [2.45, 2.75) is 26.3 Å². The van der Waals surface area contributed by atoms with Gasteiger partial charge < -0.3 is 22.1 Å². The maximum absolute atomic E-state index is 11.6. The Morgan fingerprint density at radius 3 is 2.41 bits per heavy atom. The van der Waals surface area contributed by atoms with Gasteiger partial charge >= 0.3 is 0 Å². The molecule has 2 rings (SSSR count). The molecule has 0 fully saturated rings. The Labute approximate surface area is 165 Å². The molecule has 2 aromatic rings. The van der Waals surface area contributed by atoms with Gasteiger partial charge in [0.1, 0.15) is 6.04 Å². The number of benzene rings is 1. The van der Waals surface area contributed by atoms with Crippen LogP contribution in [0.4, 0.5) is 17.5 Å². The first-order chi connectivity index (χ1) is 12.7. The van der Waals surface area contributed by atoms with Gasteiger partial charge in [-0.1, -0.05) is 37.0 Å². The molecule has 0 aliphatic rings.